The Labute approximate surface area is 84.8 Å². The monoisotopic (exact) mass is 204 g/mol. The van der Waals surface area contributed by atoms with Crippen LogP contribution in [0.4, 0.5) is 0 Å². The highest BCUT2D eigenvalue weighted by molar-refractivity contribution is 8.01. The number of amides is 1. The van der Waals surface area contributed by atoms with Crippen LogP contribution in [0.25, 0.3) is 0 Å². The Hall–Kier alpha value is -0.220. The second-order valence-electron chi connectivity index (χ2n) is 4.11. The Morgan fingerprint density at radius 3 is 2.46 bits per heavy atom. The average molecular weight is 204 g/mol. The molecule has 4 heteroatoms. The van der Waals surface area contributed by atoms with Crippen LogP contribution in [0.3, 0.4) is 0 Å². The van der Waals surface area contributed by atoms with Crippen LogP contribution in [0.1, 0.15) is 27.7 Å². The molecule has 0 aliphatic heterocycles. The van der Waals surface area contributed by atoms with Crippen LogP contribution in [0.2, 0.25) is 0 Å². The maximum atomic E-state index is 11.3. The molecular formula is C9H20N2OS. The van der Waals surface area contributed by atoms with Crippen molar-refractivity contribution in [1.82, 2.24) is 5.32 Å². The van der Waals surface area contributed by atoms with Gasteiger partial charge in [0, 0.05) is 17.3 Å². The summed E-state index contributed by atoms with van der Waals surface area (Å²) in [5.74, 6) is 0.575. The molecule has 0 spiro atoms. The normalized spacial score (nSPS) is 13.9. The number of thioether (sulfide) groups is 1. The van der Waals surface area contributed by atoms with Crippen molar-refractivity contribution in [2.24, 2.45) is 5.73 Å². The molecule has 3 N–H and O–H groups in total. The summed E-state index contributed by atoms with van der Waals surface area (Å²) in [6.45, 7) is 8.68. The number of carbonyl (C=O) groups excluding carboxylic acids is 1. The van der Waals surface area contributed by atoms with Crippen molar-refractivity contribution in [1.29, 1.82) is 0 Å². The van der Waals surface area contributed by atoms with Gasteiger partial charge in [0.15, 0.2) is 0 Å². The van der Waals surface area contributed by atoms with Crippen molar-refractivity contribution in [2.75, 3.05) is 12.3 Å². The highest BCUT2D eigenvalue weighted by Crippen LogP contribution is 2.22. The maximum Gasteiger partial charge on any atom is 0.230 e. The fourth-order valence-corrected chi connectivity index (χ4v) is 1.30. The van der Waals surface area contributed by atoms with Crippen molar-refractivity contribution in [2.45, 2.75) is 38.5 Å². The standard InChI is InChI=1S/C9H20N2OS/c1-7(5-10)11-8(12)6-13-9(2,3)4/h7H,5-6,10H2,1-4H3,(H,11,12). The molecule has 0 saturated heterocycles. The van der Waals surface area contributed by atoms with Gasteiger partial charge in [0.2, 0.25) is 5.91 Å². The van der Waals surface area contributed by atoms with Gasteiger partial charge < -0.3 is 11.1 Å². The van der Waals surface area contributed by atoms with E-state index in [2.05, 4.69) is 26.1 Å². The van der Waals surface area contributed by atoms with Crippen LogP contribution in [0, 0.1) is 0 Å². The summed E-state index contributed by atoms with van der Waals surface area (Å²) in [6.07, 6.45) is 0. The van der Waals surface area contributed by atoms with E-state index in [1.54, 1.807) is 11.8 Å². The molecule has 0 radical (unpaired) electrons. The van der Waals surface area contributed by atoms with Gasteiger partial charge in [-0.05, 0) is 6.92 Å². The van der Waals surface area contributed by atoms with Crippen LogP contribution in [0.15, 0.2) is 0 Å². The van der Waals surface area contributed by atoms with Gasteiger partial charge in [-0.25, -0.2) is 0 Å². The van der Waals surface area contributed by atoms with E-state index in [-0.39, 0.29) is 16.7 Å². The topological polar surface area (TPSA) is 55.1 Å². The first kappa shape index (κ1) is 12.8. The number of rotatable bonds is 4. The highest BCUT2D eigenvalue weighted by Gasteiger charge is 2.13. The fraction of sp³-hybridized carbons (Fsp3) is 0.889. The maximum absolute atomic E-state index is 11.3. The molecule has 0 heterocycles. The number of hydrogen-bond donors (Lipinski definition) is 2. The highest BCUT2D eigenvalue weighted by atomic mass is 32.2. The van der Waals surface area contributed by atoms with Gasteiger partial charge in [-0.3, -0.25) is 4.79 Å². The minimum Gasteiger partial charge on any atom is -0.352 e. The van der Waals surface area contributed by atoms with Crippen molar-refractivity contribution in [3.05, 3.63) is 0 Å². The van der Waals surface area contributed by atoms with E-state index in [9.17, 15) is 4.79 Å². The van der Waals surface area contributed by atoms with E-state index in [4.69, 9.17) is 5.73 Å². The molecule has 3 nitrogen and oxygen atoms in total. The molecule has 0 bridgehead atoms. The molecule has 13 heavy (non-hydrogen) atoms. The molecular weight excluding hydrogens is 184 g/mol. The Bertz CT molecular complexity index is 165. The fourth-order valence-electron chi connectivity index (χ4n) is 0.657. The minimum absolute atomic E-state index is 0.0675. The lowest BCUT2D eigenvalue weighted by atomic mass is 10.3. The molecule has 0 saturated carbocycles. The van der Waals surface area contributed by atoms with Crippen LogP contribution in [0.5, 0.6) is 0 Å². The summed E-state index contributed by atoms with van der Waals surface area (Å²) in [5, 5.41) is 2.82. The molecule has 1 atom stereocenters. The van der Waals surface area contributed by atoms with Gasteiger partial charge in [-0.15, -0.1) is 11.8 Å². The van der Waals surface area contributed by atoms with E-state index in [0.29, 0.717) is 12.3 Å². The SMILES string of the molecule is CC(CN)NC(=O)CSC(C)(C)C. The third-order valence-corrected chi connectivity index (χ3v) is 2.67. The van der Waals surface area contributed by atoms with Gasteiger partial charge in [-0.2, -0.15) is 0 Å². The number of carbonyl (C=O) groups is 1. The van der Waals surface area contributed by atoms with E-state index in [0.717, 1.165) is 0 Å². The van der Waals surface area contributed by atoms with E-state index in [1.807, 2.05) is 6.92 Å². The van der Waals surface area contributed by atoms with Crippen molar-refractivity contribution >= 4 is 17.7 Å². The van der Waals surface area contributed by atoms with Crippen molar-refractivity contribution < 1.29 is 4.79 Å². The summed E-state index contributed by atoms with van der Waals surface area (Å²) in [4.78, 5) is 11.3. The Kier molecular flexibility index (Phi) is 5.40. The van der Waals surface area contributed by atoms with Crippen LogP contribution >= 0.6 is 11.8 Å². The molecule has 0 aromatic carbocycles. The van der Waals surface area contributed by atoms with Gasteiger partial charge in [0.1, 0.15) is 0 Å². The molecule has 0 aliphatic carbocycles. The lowest BCUT2D eigenvalue weighted by Gasteiger charge is -2.18. The van der Waals surface area contributed by atoms with Gasteiger partial charge >= 0.3 is 0 Å². The van der Waals surface area contributed by atoms with Gasteiger partial charge in [-0.1, -0.05) is 20.8 Å². The lowest BCUT2D eigenvalue weighted by molar-refractivity contribution is -0.119. The Morgan fingerprint density at radius 2 is 2.08 bits per heavy atom. The minimum atomic E-state index is 0.0675. The van der Waals surface area contributed by atoms with Crippen LogP contribution in [-0.2, 0) is 4.79 Å². The predicted octanol–water partition coefficient (Wildman–Crippen LogP) is 0.981. The summed E-state index contributed by atoms with van der Waals surface area (Å²) in [7, 11) is 0. The smallest absolute Gasteiger partial charge is 0.230 e. The zero-order valence-corrected chi connectivity index (χ0v) is 9.70. The summed E-state index contributed by atoms with van der Waals surface area (Å²) in [6, 6.07) is 0.0769. The molecule has 1 amide bonds. The predicted molar refractivity (Wildman–Crippen MR) is 58.9 cm³/mol. The number of hydrogen-bond acceptors (Lipinski definition) is 3. The molecule has 0 aromatic heterocycles. The molecule has 0 rings (SSSR count). The quantitative estimate of drug-likeness (QED) is 0.718. The van der Waals surface area contributed by atoms with Crippen LogP contribution in [-0.4, -0.2) is 29.0 Å². The Balaban J connectivity index is 3.64. The first-order valence-corrected chi connectivity index (χ1v) is 5.47. The molecule has 1 unspecified atom stereocenters. The second-order valence-corrected chi connectivity index (χ2v) is 5.91. The van der Waals surface area contributed by atoms with Crippen molar-refractivity contribution in [3.63, 3.8) is 0 Å². The van der Waals surface area contributed by atoms with Crippen LogP contribution < -0.4 is 11.1 Å². The molecule has 0 fully saturated rings. The first-order valence-electron chi connectivity index (χ1n) is 4.48. The second kappa shape index (κ2) is 5.50. The number of nitrogens with two attached hydrogens (primary N) is 1. The molecule has 0 aliphatic rings. The summed E-state index contributed by atoms with van der Waals surface area (Å²) >= 11 is 1.64. The molecule has 78 valence electrons. The third kappa shape index (κ3) is 8.12. The van der Waals surface area contributed by atoms with E-state index < -0.39 is 0 Å². The molecule has 0 aromatic rings. The van der Waals surface area contributed by atoms with Gasteiger partial charge in [0.25, 0.3) is 0 Å². The zero-order valence-electron chi connectivity index (χ0n) is 8.89. The van der Waals surface area contributed by atoms with Crippen molar-refractivity contribution in [3.8, 4) is 0 Å². The van der Waals surface area contributed by atoms with E-state index >= 15 is 0 Å². The zero-order chi connectivity index (χ0) is 10.5. The average Bonchev–Trinajstić information content (AvgIpc) is 1.99. The Morgan fingerprint density at radius 1 is 1.54 bits per heavy atom. The van der Waals surface area contributed by atoms with E-state index in [1.165, 1.54) is 0 Å². The summed E-state index contributed by atoms with van der Waals surface area (Å²) < 4.78 is 0.142. The number of nitrogens with one attached hydrogen (secondary N) is 1. The summed E-state index contributed by atoms with van der Waals surface area (Å²) in [5.41, 5.74) is 5.38. The lowest BCUT2D eigenvalue weighted by Crippen LogP contribution is -2.39. The third-order valence-electron chi connectivity index (χ3n) is 1.40. The largest absolute Gasteiger partial charge is 0.352 e. The van der Waals surface area contributed by atoms with Gasteiger partial charge in [0.05, 0.1) is 5.75 Å². The first-order chi connectivity index (χ1) is 5.85.